The molecule has 2 N–H and O–H groups in total. The van der Waals surface area contributed by atoms with Gasteiger partial charge in [-0.3, -0.25) is 9.78 Å². The average Bonchev–Trinajstić information content (AvgIpc) is 3.40. The van der Waals surface area contributed by atoms with Crippen molar-refractivity contribution in [2.45, 2.75) is 62.7 Å². The molecule has 1 aliphatic heterocycles. The first-order valence-corrected chi connectivity index (χ1v) is 14.3. The van der Waals surface area contributed by atoms with E-state index in [-0.39, 0.29) is 0 Å². The van der Waals surface area contributed by atoms with Crippen molar-refractivity contribution < 1.29 is 19.7 Å². The van der Waals surface area contributed by atoms with Crippen molar-refractivity contribution in [1.29, 1.82) is 0 Å². The van der Waals surface area contributed by atoms with E-state index in [0.717, 1.165) is 52.8 Å². The molecule has 1 aromatic heterocycles. The van der Waals surface area contributed by atoms with Gasteiger partial charge in [0.15, 0.2) is 0 Å². The highest BCUT2D eigenvalue weighted by molar-refractivity contribution is 7.99. The molecule has 1 aliphatic carbocycles. The van der Waals surface area contributed by atoms with E-state index in [4.69, 9.17) is 4.74 Å². The molecule has 0 unspecified atom stereocenters. The molecule has 4 rings (SSSR count). The SMILES string of the molecule is COc1ccc2ncc(N(C)C)c([C@H](O)CCC3(C(=O)O)CCN(CCSC4CCCC4)CC3)c2c1. The van der Waals surface area contributed by atoms with E-state index >= 15 is 0 Å². The summed E-state index contributed by atoms with van der Waals surface area (Å²) in [6, 6.07) is 5.66. The third-order valence-electron chi connectivity index (χ3n) is 8.14. The fraction of sp³-hybridized carbons (Fsp3) is 0.643. The van der Waals surface area contributed by atoms with Crippen LogP contribution in [0.1, 0.15) is 63.0 Å². The summed E-state index contributed by atoms with van der Waals surface area (Å²) in [6.07, 6.45) is 8.54. The lowest BCUT2D eigenvalue weighted by atomic mass is 9.74. The number of hydrogen-bond donors (Lipinski definition) is 2. The van der Waals surface area contributed by atoms with Gasteiger partial charge in [0.05, 0.1) is 36.0 Å². The minimum Gasteiger partial charge on any atom is -0.497 e. The molecule has 0 amide bonds. The fourth-order valence-electron chi connectivity index (χ4n) is 5.75. The van der Waals surface area contributed by atoms with Crippen molar-refractivity contribution in [3.05, 3.63) is 30.0 Å². The summed E-state index contributed by atoms with van der Waals surface area (Å²) in [4.78, 5) is 21.4. The Labute approximate surface area is 219 Å². The van der Waals surface area contributed by atoms with Gasteiger partial charge in [0.25, 0.3) is 0 Å². The molecule has 1 saturated heterocycles. The highest BCUT2D eigenvalue weighted by Crippen LogP contribution is 2.41. The number of carbonyl (C=O) groups is 1. The Bertz CT molecular complexity index is 1030. The number of pyridine rings is 1. The second kappa shape index (κ2) is 12.0. The van der Waals surface area contributed by atoms with Crippen LogP contribution in [0.3, 0.4) is 0 Å². The van der Waals surface area contributed by atoms with Gasteiger partial charge in [-0.05, 0) is 69.8 Å². The number of piperidine rings is 1. The van der Waals surface area contributed by atoms with Crippen LogP contribution in [0.5, 0.6) is 5.75 Å². The quantitative estimate of drug-likeness (QED) is 0.434. The number of aliphatic hydroxyl groups is 1. The summed E-state index contributed by atoms with van der Waals surface area (Å²) >= 11 is 2.09. The normalized spacial score (nSPS) is 19.4. The second-order valence-electron chi connectivity index (χ2n) is 10.6. The molecule has 7 nitrogen and oxygen atoms in total. The van der Waals surface area contributed by atoms with Crippen molar-refractivity contribution >= 4 is 34.3 Å². The summed E-state index contributed by atoms with van der Waals surface area (Å²) in [7, 11) is 5.48. The maximum Gasteiger partial charge on any atom is 0.309 e. The van der Waals surface area contributed by atoms with Gasteiger partial charge in [-0.25, -0.2) is 0 Å². The Kier molecular flexibility index (Phi) is 9.01. The van der Waals surface area contributed by atoms with E-state index in [1.165, 1.54) is 25.7 Å². The highest BCUT2D eigenvalue weighted by atomic mass is 32.2. The zero-order valence-electron chi connectivity index (χ0n) is 21.9. The summed E-state index contributed by atoms with van der Waals surface area (Å²) < 4.78 is 5.42. The lowest BCUT2D eigenvalue weighted by molar-refractivity contribution is -0.153. The van der Waals surface area contributed by atoms with Crippen molar-refractivity contribution in [3.63, 3.8) is 0 Å². The first kappa shape index (κ1) is 27.0. The van der Waals surface area contributed by atoms with Crippen LogP contribution in [0.2, 0.25) is 0 Å². The number of hydrogen-bond acceptors (Lipinski definition) is 7. The molecule has 1 saturated carbocycles. The predicted octanol–water partition coefficient (Wildman–Crippen LogP) is 4.97. The number of rotatable bonds is 11. The number of ether oxygens (including phenoxy) is 1. The largest absolute Gasteiger partial charge is 0.497 e. The van der Waals surface area contributed by atoms with Gasteiger partial charge in [-0.15, -0.1) is 0 Å². The van der Waals surface area contributed by atoms with E-state index < -0.39 is 17.5 Å². The number of carboxylic acid groups (broad SMARTS) is 1. The number of nitrogens with zero attached hydrogens (tertiary/aromatic N) is 3. The van der Waals surface area contributed by atoms with Crippen molar-refractivity contribution in [1.82, 2.24) is 9.88 Å². The lowest BCUT2D eigenvalue weighted by Gasteiger charge is -2.39. The molecule has 2 heterocycles. The first-order chi connectivity index (χ1) is 17.3. The Balaban J connectivity index is 1.42. The minimum absolute atomic E-state index is 0.390. The molecule has 8 heteroatoms. The highest BCUT2D eigenvalue weighted by Gasteiger charge is 2.41. The monoisotopic (exact) mass is 515 g/mol. The number of aromatic nitrogens is 1. The van der Waals surface area contributed by atoms with E-state index in [1.54, 1.807) is 13.3 Å². The maximum absolute atomic E-state index is 12.5. The van der Waals surface area contributed by atoms with Crippen LogP contribution in [-0.4, -0.2) is 77.9 Å². The van der Waals surface area contributed by atoms with E-state index in [9.17, 15) is 15.0 Å². The molecule has 36 heavy (non-hydrogen) atoms. The first-order valence-electron chi connectivity index (χ1n) is 13.2. The molecule has 1 aromatic carbocycles. The maximum atomic E-state index is 12.5. The number of carboxylic acids is 1. The van der Waals surface area contributed by atoms with Crippen LogP contribution in [0.4, 0.5) is 5.69 Å². The van der Waals surface area contributed by atoms with Crippen molar-refractivity contribution in [2.75, 3.05) is 51.5 Å². The third kappa shape index (κ3) is 6.09. The van der Waals surface area contributed by atoms with Gasteiger partial charge in [-0.2, -0.15) is 11.8 Å². The van der Waals surface area contributed by atoms with Crippen LogP contribution >= 0.6 is 11.8 Å². The number of anilines is 1. The molecule has 198 valence electrons. The Morgan fingerprint density at radius 2 is 2.00 bits per heavy atom. The molecule has 0 spiro atoms. The molecule has 0 bridgehead atoms. The van der Waals surface area contributed by atoms with Crippen LogP contribution in [0, 0.1) is 5.41 Å². The lowest BCUT2D eigenvalue weighted by Crippen LogP contribution is -2.45. The average molecular weight is 516 g/mol. The second-order valence-corrected chi connectivity index (χ2v) is 12.0. The van der Waals surface area contributed by atoms with Gasteiger partial charge in [0, 0.05) is 42.6 Å². The Hall–Kier alpha value is -2.03. The zero-order valence-corrected chi connectivity index (χ0v) is 22.7. The molecule has 2 aromatic rings. The summed E-state index contributed by atoms with van der Waals surface area (Å²) in [5.74, 6) is 1.10. The minimum atomic E-state index is -0.794. The molecular formula is C28H41N3O4S. The number of aliphatic carboxylic acids is 1. The zero-order chi connectivity index (χ0) is 25.7. The number of thioether (sulfide) groups is 1. The molecular weight excluding hydrogens is 474 g/mol. The molecule has 2 fully saturated rings. The molecule has 2 aliphatic rings. The Morgan fingerprint density at radius 3 is 2.64 bits per heavy atom. The van der Waals surface area contributed by atoms with Crippen molar-refractivity contribution in [3.8, 4) is 5.75 Å². The summed E-state index contributed by atoms with van der Waals surface area (Å²) in [5.41, 5.74) is 1.62. The standard InChI is InChI=1S/C28H41N3O4S/c1-30(2)24-19-29-23-9-8-20(35-3)18-22(23)26(24)25(32)10-11-28(27(33)34)12-14-31(15-13-28)16-17-36-21-6-4-5-7-21/h8-9,18-19,21,25,32H,4-7,10-17H2,1-3H3,(H,33,34)/t25-/m1/s1. The van der Waals surface area contributed by atoms with E-state index in [1.807, 2.05) is 37.2 Å². The van der Waals surface area contributed by atoms with Crippen LogP contribution in [0.15, 0.2) is 24.4 Å². The number of benzene rings is 1. The van der Waals surface area contributed by atoms with Gasteiger partial charge < -0.3 is 24.7 Å². The number of methoxy groups -OCH3 is 1. The van der Waals surface area contributed by atoms with Gasteiger partial charge >= 0.3 is 5.97 Å². The van der Waals surface area contributed by atoms with Gasteiger partial charge in [0.1, 0.15) is 5.75 Å². The Morgan fingerprint density at radius 1 is 1.28 bits per heavy atom. The van der Waals surface area contributed by atoms with Crippen LogP contribution in [-0.2, 0) is 4.79 Å². The molecule has 1 atom stereocenters. The number of aliphatic hydroxyl groups excluding tert-OH is 1. The smallest absolute Gasteiger partial charge is 0.309 e. The van der Waals surface area contributed by atoms with Crippen molar-refractivity contribution in [2.24, 2.45) is 5.41 Å². The summed E-state index contributed by atoms with van der Waals surface area (Å²) in [6.45, 7) is 2.66. The number of fused-ring (bicyclic) bond motifs is 1. The topological polar surface area (TPSA) is 86.1 Å². The van der Waals surface area contributed by atoms with Gasteiger partial charge in [0.2, 0.25) is 0 Å². The molecule has 0 radical (unpaired) electrons. The predicted molar refractivity (Wildman–Crippen MR) is 147 cm³/mol. The fourth-order valence-corrected chi connectivity index (χ4v) is 7.12. The van der Waals surface area contributed by atoms with E-state index in [2.05, 4.69) is 21.6 Å². The van der Waals surface area contributed by atoms with Crippen LogP contribution < -0.4 is 9.64 Å². The third-order valence-corrected chi connectivity index (χ3v) is 9.50. The summed E-state index contributed by atoms with van der Waals surface area (Å²) in [5, 5.41) is 23.3. The van der Waals surface area contributed by atoms with Gasteiger partial charge in [-0.1, -0.05) is 12.8 Å². The van der Waals surface area contributed by atoms with Crippen LogP contribution in [0.25, 0.3) is 10.9 Å². The van der Waals surface area contributed by atoms with E-state index in [0.29, 0.717) is 31.4 Å². The number of likely N-dealkylation sites (tertiary alicyclic amines) is 1.